The van der Waals surface area contributed by atoms with Crippen LogP contribution in [-0.2, 0) is 16.1 Å². The highest BCUT2D eigenvalue weighted by atomic mass is 16.5. The molecule has 32 heavy (non-hydrogen) atoms. The molecule has 2 aliphatic heterocycles. The van der Waals surface area contributed by atoms with Gasteiger partial charge >= 0.3 is 0 Å². The van der Waals surface area contributed by atoms with E-state index in [1.165, 1.54) is 4.90 Å². The van der Waals surface area contributed by atoms with E-state index in [1.54, 1.807) is 37.7 Å². The van der Waals surface area contributed by atoms with Crippen LogP contribution in [-0.4, -0.2) is 60.5 Å². The molecule has 0 radical (unpaired) electrons. The summed E-state index contributed by atoms with van der Waals surface area (Å²) in [5, 5.41) is 3.00. The zero-order valence-corrected chi connectivity index (χ0v) is 18.4. The maximum atomic E-state index is 13.3. The highest BCUT2D eigenvalue weighted by Gasteiger charge is 2.39. The van der Waals surface area contributed by atoms with Gasteiger partial charge in [-0.25, -0.2) is 0 Å². The van der Waals surface area contributed by atoms with Gasteiger partial charge in [0.1, 0.15) is 0 Å². The maximum Gasteiger partial charge on any atom is 0.263 e. The summed E-state index contributed by atoms with van der Waals surface area (Å²) in [6.07, 6.45) is 4.94. The number of pyridine rings is 1. The molecule has 1 fully saturated rings. The van der Waals surface area contributed by atoms with Gasteiger partial charge in [-0.3, -0.25) is 24.3 Å². The summed E-state index contributed by atoms with van der Waals surface area (Å²) in [7, 11) is 1.61. The Hall–Kier alpha value is -3.26. The van der Waals surface area contributed by atoms with E-state index in [-0.39, 0.29) is 36.2 Å². The Labute approximate surface area is 187 Å². The fourth-order valence-electron chi connectivity index (χ4n) is 4.46. The number of hydrogen-bond donors (Lipinski definition) is 1. The standard InChI is InChI=1S/C24H28N4O4/c1-16(15-32-2)26-22(29)18-7-5-11-27(14-18)20-9-3-8-19-21(20)24(31)28(23(19)30)13-17-6-4-10-25-12-17/h3-4,6,8-10,12,16,18H,5,7,11,13-15H2,1-2H3,(H,26,29)/t16-,18+/m1/s1. The number of imide groups is 1. The highest BCUT2D eigenvalue weighted by molar-refractivity contribution is 6.23. The van der Waals surface area contributed by atoms with Crippen molar-refractivity contribution < 1.29 is 19.1 Å². The summed E-state index contributed by atoms with van der Waals surface area (Å²) in [4.78, 5) is 46.4. The first-order chi connectivity index (χ1) is 15.5. The van der Waals surface area contributed by atoms with E-state index in [1.807, 2.05) is 19.1 Å². The van der Waals surface area contributed by atoms with Gasteiger partial charge in [0, 0.05) is 38.6 Å². The van der Waals surface area contributed by atoms with Crippen molar-refractivity contribution >= 4 is 23.4 Å². The Morgan fingerprint density at radius 1 is 1.25 bits per heavy atom. The Morgan fingerprint density at radius 3 is 2.84 bits per heavy atom. The van der Waals surface area contributed by atoms with Crippen LogP contribution in [0.2, 0.25) is 0 Å². The number of amides is 3. The summed E-state index contributed by atoms with van der Waals surface area (Å²) in [5.41, 5.74) is 2.35. The number of hydrogen-bond acceptors (Lipinski definition) is 6. The fraction of sp³-hybridized carbons (Fsp3) is 0.417. The second-order valence-corrected chi connectivity index (χ2v) is 8.41. The number of ether oxygens (including phenoxy) is 1. The number of benzene rings is 1. The third kappa shape index (κ3) is 4.36. The number of fused-ring (bicyclic) bond motifs is 1. The first-order valence-electron chi connectivity index (χ1n) is 10.9. The van der Waals surface area contributed by atoms with Crippen molar-refractivity contribution in [3.8, 4) is 0 Å². The molecule has 8 heteroatoms. The quantitative estimate of drug-likeness (QED) is 0.670. The molecule has 3 amide bonds. The number of piperidine rings is 1. The minimum atomic E-state index is -0.301. The van der Waals surface area contributed by atoms with Crippen molar-refractivity contribution in [2.45, 2.75) is 32.4 Å². The number of aromatic nitrogens is 1. The van der Waals surface area contributed by atoms with Crippen molar-refractivity contribution in [1.82, 2.24) is 15.2 Å². The average molecular weight is 437 g/mol. The van der Waals surface area contributed by atoms with E-state index < -0.39 is 0 Å². The predicted octanol–water partition coefficient (Wildman–Crippen LogP) is 2.25. The van der Waals surface area contributed by atoms with E-state index in [0.717, 1.165) is 30.6 Å². The lowest BCUT2D eigenvalue weighted by molar-refractivity contribution is -0.126. The van der Waals surface area contributed by atoms with E-state index in [2.05, 4.69) is 15.2 Å². The van der Waals surface area contributed by atoms with Crippen LogP contribution >= 0.6 is 0 Å². The molecule has 1 N–H and O–H groups in total. The smallest absolute Gasteiger partial charge is 0.263 e. The molecule has 1 aromatic carbocycles. The number of rotatable bonds is 7. The molecule has 0 bridgehead atoms. The van der Waals surface area contributed by atoms with Crippen molar-refractivity contribution in [1.29, 1.82) is 0 Å². The zero-order chi connectivity index (χ0) is 22.7. The van der Waals surface area contributed by atoms with Crippen LogP contribution in [0.4, 0.5) is 5.69 Å². The number of anilines is 1. The molecule has 168 valence electrons. The van der Waals surface area contributed by atoms with E-state index in [9.17, 15) is 14.4 Å². The van der Waals surface area contributed by atoms with Crippen molar-refractivity contribution in [2.24, 2.45) is 5.92 Å². The second kappa shape index (κ2) is 9.48. The molecule has 0 saturated carbocycles. The first-order valence-corrected chi connectivity index (χ1v) is 10.9. The molecule has 1 aromatic heterocycles. The van der Waals surface area contributed by atoms with Crippen LogP contribution < -0.4 is 10.2 Å². The summed E-state index contributed by atoms with van der Waals surface area (Å²) in [6.45, 7) is 3.79. The van der Waals surface area contributed by atoms with Crippen LogP contribution in [0.3, 0.4) is 0 Å². The van der Waals surface area contributed by atoms with Crippen molar-refractivity contribution in [2.75, 3.05) is 31.7 Å². The molecule has 2 atom stereocenters. The Kier molecular flexibility index (Phi) is 6.50. The van der Waals surface area contributed by atoms with Gasteiger partial charge in [0.2, 0.25) is 5.91 Å². The number of methoxy groups -OCH3 is 1. The largest absolute Gasteiger partial charge is 0.383 e. The SMILES string of the molecule is COC[C@@H](C)NC(=O)[C@H]1CCCN(c2cccc3c2C(=O)N(Cc2cccnc2)C3=O)C1. The molecule has 3 heterocycles. The van der Waals surface area contributed by atoms with Crippen LogP contribution in [0.1, 0.15) is 46.0 Å². The van der Waals surface area contributed by atoms with Gasteiger partial charge in [-0.15, -0.1) is 0 Å². The number of nitrogens with zero attached hydrogens (tertiary/aromatic N) is 3. The third-order valence-corrected chi connectivity index (χ3v) is 5.98. The Bertz CT molecular complexity index is 1010. The van der Waals surface area contributed by atoms with Crippen LogP contribution in [0.5, 0.6) is 0 Å². The zero-order valence-electron chi connectivity index (χ0n) is 18.4. The minimum Gasteiger partial charge on any atom is -0.383 e. The molecule has 8 nitrogen and oxygen atoms in total. The van der Waals surface area contributed by atoms with E-state index in [4.69, 9.17) is 4.74 Å². The van der Waals surface area contributed by atoms with Crippen LogP contribution in [0.25, 0.3) is 0 Å². The van der Waals surface area contributed by atoms with Crippen molar-refractivity contribution in [3.63, 3.8) is 0 Å². The molecule has 1 saturated heterocycles. The molecule has 0 unspecified atom stereocenters. The molecule has 4 rings (SSSR count). The molecule has 2 aromatic rings. The van der Waals surface area contributed by atoms with Crippen LogP contribution in [0.15, 0.2) is 42.7 Å². The first kappa shape index (κ1) is 22.0. The number of carbonyl (C=O) groups excluding carboxylic acids is 3. The van der Waals surface area contributed by atoms with E-state index in [0.29, 0.717) is 24.3 Å². The summed E-state index contributed by atoms with van der Waals surface area (Å²) in [5.74, 6) is -0.787. The van der Waals surface area contributed by atoms with Gasteiger partial charge < -0.3 is 15.0 Å². The van der Waals surface area contributed by atoms with E-state index >= 15 is 0 Å². The number of nitrogens with one attached hydrogen (secondary N) is 1. The van der Waals surface area contributed by atoms with Gasteiger partial charge in [-0.1, -0.05) is 12.1 Å². The topological polar surface area (TPSA) is 91.8 Å². The summed E-state index contributed by atoms with van der Waals surface area (Å²) < 4.78 is 5.10. The lowest BCUT2D eigenvalue weighted by Crippen LogP contribution is -2.46. The maximum absolute atomic E-state index is 13.3. The fourth-order valence-corrected chi connectivity index (χ4v) is 4.46. The highest BCUT2D eigenvalue weighted by Crippen LogP contribution is 2.34. The summed E-state index contributed by atoms with van der Waals surface area (Å²) in [6, 6.07) is 8.93. The van der Waals surface area contributed by atoms with Gasteiger partial charge in [0.05, 0.1) is 35.9 Å². The van der Waals surface area contributed by atoms with Gasteiger partial charge in [0.15, 0.2) is 0 Å². The van der Waals surface area contributed by atoms with Crippen molar-refractivity contribution in [3.05, 3.63) is 59.4 Å². The Morgan fingerprint density at radius 2 is 2.09 bits per heavy atom. The molecule has 0 spiro atoms. The lowest BCUT2D eigenvalue weighted by Gasteiger charge is -2.35. The minimum absolute atomic E-state index is 0.00701. The average Bonchev–Trinajstić information content (AvgIpc) is 3.05. The monoisotopic (exact) mass is 436 g/mol. The molecule has 2 aliphatic rings. The summed E-state index contributed by atoms with van der Waals surface area (Å²) >= 11 is 0. The second-order valence-electron chi connectivity index (χ2n) is 8.41. The van der Waals surface area contributed by atoms with Gasteiger partial charge in [-0.05, 0) is 43.5 Å². The number of carbonyl (C=O) groups is 3. The predicted molar refractivity (Wildman–Crippen MR) is 119 cm³/mol. The van der Waals surface area contributed by atoms with Gasteiger partial charge in [0.25, 0.3) is 11.8 Å². The lowest BCUT2D eigenvalue weighted by atomic mass is 9.95. The van der Waals surface area contributed by atoms with Gasteiger partial charge in [-0.2, -0.15) is 0 Å². The van der Waals surface area contributed by atoms with Crippen LogP contribution in [0, 0.1) is 5.92 Å². The molecular formula is C24H28N4O4. The normalized spacial score (nSPS) is 19.1. The third-order valence-electron chi connectivity index (χ3n) is 5.98. The Balaban J connectivity index is 1.54. The molecule has 0 aliphatic carbocycles. The molecular weight excluding hydrogens is 408 g/mol.